The zero-order valence-corrected chi connectivity index (χ0v) is 15.7. The SMILES string of the molecule is CC(C)(C)CC(C)(C)N=C(N)C(C)(C)N=NC(C)(C)C(=N)N. The highest BCUT2D eigenvalue weighted by atomic mass is 15.2. The summed E-state index contributed by atoms with van der Waals surface area (Å²) in [5, 5.41) is 16.0. The van der Waals surface area contributed by atoms with Gasteiger partial charge in [0.05, 0.1) is 5.54 Å². The molecule has 0 atom stereocenters. The van der Waals surface area contributed by atoms with Crippen molar-refractivity contribution in [2.24, 2.45) is 32.1 Å². The molecule has 0 rings (SSSR count). The molecular formula is C16H34N6. The van der Waals surface area contributed by atoms with Gasteiger partial charge in [-0.3, -0.25) is 10.4 Å². The van der Waals surface area contributed by atoms with Crippen molar-refractivity contribution in [3.8, 4) is 0 Å². The van der Waals surface area contributed by atoms with Crippen LogP contribution in [0.15, 0.2) is 15.2 Å². The minimum Gasteiger partial charge on any atom is -0.386 e. The molecule has 0 heterocycles. The highest BCUT2D eigenvalue weighted by molar-refractivity contribution is 5.90. The van der Waals surface area contributed by atoms with Gasteiger partial charge in [0, 0.05) is 0 Å². The fourth-order valence-electron chi connectivity index (χ4n) is 2.16. The molecule has 0 aromatic heterocycles. The molecule has 22 heavy (non-hydrogen) atoms. The van der Waals surface area contributed by atoms with Gasteiger partial charge < -0.3 is 11.5 Å². The van der Waals surface area contributed by atoms with Gasteiger partial charge in [-0.1, -0.05) is 20.8 Å². The summed E-state index contributed by atoms with van der Waals surface area (Å²) in [6.45, 7) is 17.9. The Balaban J connectivity index is 5.33. The van der Waals surface area contributed by atoms with E-state index >= 15 is 0 Å². The van der Waals surface area contributed by atoms with Crippen molar-refractivity contribution in [3.05, 3.63) is 0 Å². The van der Waals surface area contributed by atoms with Crippen LogP contribution in [0.3, 0.4) is 0 Å². The molecule has 5 N–H and O–H groups in total. The van der Waals surface area contributed by atoms with E-state index in [9.17, 15) is 0 Å². The van der Waals surface area contributed by atoms with Gasteiger partial charge in [0.25, 0.3) is 0 Å². The molecule has 6 heteroatoms. The maximum absolute atomic E-state index is 7.52. The lowest BCUT2D eigenvalue weighted by atomic mass is 9.82. The van der Waals surface area contributed by atoms with E-state index in [4.69, 9.17) is 16.9 Å². The van der Waals surface area contributed by atoms with Crippen molar-refractivity contribution in [2.75, 3.05) is 0 Å². The molecule has 0 unspecified atom stereocenters. The second-order valence-electron chi connectivity index (χ2n) is 8.78. The Morgan fingerprint density at radius 3 is 1.59 bits per heavy atom. The van der Waals surface area contributed by atoms with E-state index in [1.165, 1.54) is 0 Å². The first-order chi connectivity index (χ1) is 9.49. The van der Waals surface area contributed by atoms with Crippen molar-refractivity contribution >= 4 is 11.7 Å². The Labute approximate surface area is 135 Å². The number of amidine groups is 2. The van der Waals surface area contributed by atoms with Crippen LogP contribution in [0.5, 0.6) is 0 Å². The molecule has 0 aromatic rings. The average Bonchev–Trinajstić information content (AvgIpc) is 2.22. The quantitative estimate of drug-likeness (QED) is 0.396. The molecule has 0 aliphatic carbocycles. The number of hydrogen-bond donors (Lipinski definition) is 3. The lowest BCUT2D eigenvalue weighted by Crippen LogP contribution is -2.41. The van der Waals surface area contributed by atoms with E-state index < -0.39 is 11.1 Å². The van der Waals surface area contributed by atoms with E-state index in [-0.39, 0.29) is 16.8 Å². The predicted octanol–water partition coefficient (Wildman–Crippen LogP) is 3.50. The number of azo groups is 1. The highest BCUT2D eigenvalue weighted by Crippen LogP contribution is 2.30. The summed E-state index contributed by atoms with van der Waals surface area (Å²) in [5.41, 5.74) is 10.0. The van der Waals surface area contributed by atoms with Crippen molar-refractivity contribution in [1.82, 2.24) is 0 Å². The number of nitrogens with two attached hydrogens (primary N) is 2. The Kier molecular flexibility index (Phi) is 5.92. The molecule has 0 aliphatic rings. The van der Waals surface area contributed by atoms with Gasteiger partial charge in [-0.15, -0.1) is 0 Å². The fourth-order valence-corrected chi connectivity index (χ4v) is 2.16. The first-order valence-corrected chi connectivity index (χ1v) is 7.63. The van der Waals surface area contributed by atoms with Gasteiger partial charge in [-0.05, 0) is 53.4 Å². The minimum absolute atomic E-state index is 0.0318. The second-order valence-corrected chi connectivity index (χ2v) is 8.78. The molecule has 6 nitrogen and oxygen atoms in total. The zero-order valence-electron chi connectivity index (χ0n) is 15.7. The normalized spacial score (nSPS) is 15.4. The van der Waals surface area contributed by atoms with Gasteiger partial charge in [0.2, 0.25) is 0 Å². The van der Waals surface area contributed by atoms with Crippen LogP contribution in [0.4, 0.5) is 0 Å². The highest BCUT2D eigenvalue weighted by Gasteiger charge is 2.30. The van der Waals surface area contributed by atoms with Gasteiger partial charge >= 0.3 is 0 Å². The lowest BCUT2D eigenvalue weighted by molar-refractivity contribution is 0.287. The summed E-state index contributed by atoms with van der Waals surface area (Å²) < 4.78 is 0. The monoisotopic (exact) mass is 310 g/mol. The number of nitrogens with one attached hydrogen (secondary N) is 1. The van der Waals surface area contributed by atoms with Crippen molar-refractivity contribution in [1.29, 1.82) is 5.41 Å². The van der Waals surface area contributed by atoms with Crippen molar-refractivity contribution in [3.63, 3.8) is 0 Å². The Morgan fingerprint density at radius 2 is 1.23 bits per heavy atom. The van der Waals surface area contributed by atoms with Crippen LogP contribution in [0.25, 0.3) is 0 Å². The predicted molar refractivity (Wildman–Crippen MR) is 94.7 cm³/mol. The van der Waals surface area contributed by atoms with Crippen LogP contribution in [-0.4, -0.2) is 28.3 Å². The maximum Gasteiger partial charge on any atom is 0.132 e. The number of rotatable bonds is 6. The van der Waals surface area contributed by atoms with Gasteiger partial charge in [0.1, 0.15) is 22.7 Å². The molecule has 0 spiro atoms. The number of hydrogen-bond acceptors (Lipinski definition) is 4. The van der Waals surface area contributed by atoms with E-state index in [1.807, 2.05) is 13.8 Å². The van der Waals surface area contributed by atoms with Crippen LogP contribution >= 0.6 is 0 Å². The molecule has 0 fully saturated rings. The smallest absolute Gasteiger partial charge is 0.132 e. The van der Waals surface area contributed by atoms with Crippen molar-refractivity contribution < 1.29 is 0 Å². The fraction of sp³-hybridized carbons (Fsp3) is 0.875. The molecule has 0 saturated heterocycles. The van der Waals surface area contributed by atoms with Crippen molar-refractivity contribution in [2.45, 2.75) is 85.4 Å². The van der Waals surface area contributed by atoms with Gasteiger partial charge in [-0.25, -0.2) is 0 Å². The molecule has 0 amide bonds. The first kappa shape index (κ1) is 20.5. The van der Waals surface area contributed by atoms with Gasteiger partial charge in [-0.2, -0.15) is 10.2 Å². The third kappa shape index (κ3) is 7.00. The van der Waals surface area contributed by atoms with E-state index in [0.717, 1.165) is 6.42 Å². The van der Waals surface area contributed by atoms with E-state index in [0.29, 0.717) is 5.84 Å². The van der Waals surface area contributed by atoms with E-state index in [2.05, 4.69) is 49.8 Å². The second kappa shape index (κ2) is 6.34. The molecule has 0 radical (unpaired) electrons. The average molecular weight is 310 g/mol. The first-order valence-electron chi connectivity index (χ1n) is 7.63. The van der Waals surface area contributed by atoms with Crippen LogP contribution < -0.4 is 11.5 Å². The van der Waals surface area contributed by atoms with Crippen LogP contribution in [0.2, 0.25) is 0 Å². The summed E-state index contributed by atoms with van der Waals surface area (Å²) in [7, 11) is 0. The molecule has 0 saturated carbocycles. The van der Waals surface area contributed by atoms with Crippen LogP contribution in [-0.2, 0) is 0 Å². The number of nitrogens with zero attached hydrogens (tertiary/aromatic N) is 3. The largest absolute Gasteiger partial charge is 0.386 e. The third-order valence-corrected chi connectivity index (χ3v) is 3.22. The Hall–Kier alpha value is -1.46. The molecule has 0 aliphatic heterocycles. The Bertz CT molecular complexity index is 464. The minimum atomic E-state index is -0.835. The zero-order chi connectivity index (χ0) is 18.0. The Morgan fingerprint density at radius 1 is 0.818 bits per heavy atom. The standard InChI is InChI=1S/C16H34N6/c1-13(2,3)10-14(4,5)20-12(19)16(8,9)22-21-15(6,7)11(17)18/h10H2,1-9H3,(H3,17,18)(H2,19,20). The topological polar surface area (TPSA) is 113 Å². The van der Waals surface area contributed by atoms with Gasteiger partial charge in [0.15, 0.2) is 0 Å². The molecule has 128 valence electrons. The van der Waals surface area contributed by atoms with E-state index in [1.54, 1.807) is 13.8 Å². The third-order valence-electron chi connectivity index (χ3n) is 3.22. The summed E-state index contributed by atoms with van der Waals surface area (Å²) in [4.78, 5) is 4.67. The molecule has 0 bridgehead atoms. The molecular weight excluding hydrogens is 276 g/mol. The summed E-state index contributed by atoms with van der Waals surface area (Å²) in [6.07, 6.45) is 0.910. The maximum atomic E-state index is 7.52. The van der Waals surface area contributed by atoms with Crippen LogP contribution in [0.1, 0.15) is 68.7 Å². The number of aliphatic imine (C=N–C) groups is 1. The summed E-state index contributed by atoms with van der Waals surface area (Å²) >= 11 is 0. The molecule has 0 aromatic carbocycles. The summed E-state index contributed by atoms with van der Waals surface area (Å²) in [5.74, 6) is 0.403. The summed E-state index contributed by atoms with van der Waals surface area (Å²) in [6, 6.07) is 0. The lowest BCUT2D eigenvalue weighted by Gasteiger charge is -2.31. The van der Waals surface area contributed by atoms with Crippen LogP contribution in [0, 0.1) is 10.8 Å².